The second kappa shape index (κ2) is 3.21. The third kappa shape index (κ3) is 1.19. The molecule has 3 aliphatic heterocycles. The van der Waals surface area contributed by atoms with Gasteiger partial charge in [0.15, 0.2) is 0 Å². The summed E-state index contributed by atoms with van der Waals surface area (Å²) >= 11 is 0. The van der Waals surface area contributed by atoms with E-state index in [1.165, 1.54) is 7.11 Å². The molecule has 0 spiro atoms. The molecule has 4 unspecified atom stereocenters. The molecule has 3 heterocycles. The minimum atomic E-state index is -0.670. The largest absolute Gasteiger partial charge is 0.432 e. The van der Waals surface area contributed by atoms with Crippen LogP contribution in [0.3, 0.4) is 0 Å². The van der Waals surface area contributed by atoms with Gasteiger partial charge in [-0.15, -0.1) is 0 Å². The lowest BCUT2D eigenvalue weighted by molar-refractivity contribution is -0.155. The molecule has 0 amide bonds. The van der Waals surface area contributed by atoms with E-state index in [1.54, 1.807) is 6.08 Å². The first-order chi connectivity index (χ1) is 8.69. The summed E-state index contributed by atoms with van der Waals surface area (Å²) in [6, 6.07) is 0. The van der Waals surface area contributed by atoms with E-state index >= 15 is 0 Å². The Morgan fingerprint density at radius 3 is 2.94 bits per heavy atom. The first kappa shape index (κ1) is 10.3. The van der Waals surface area contributed by atoms with Crippen LogP contribution < -0.4 is 0 Å². The Morgan fingerprint density at radius 1 is 1.33 bits per heavy atom. The highest BCUT2D eigenvalue weighted by molar-refractivity contribution is 5.95. The maximum absolute atomic E-state index is 11.8. The molecular formula is C12H10O6. The van der Waals surface area contributed by atoms with Crippen molar-refractivity contribution in [1.29, 1.82) is 0 Å². The van der Waals surface area contributed by atoms with Crippen molar-refractivity contribution in [2.75, 3.05) is 7.11 Å². The molecule has 2 saturated heterocycles. The Bertz CT molecular complexity index is 531. The molecule has 0 saturated carbocycles. The predicted molar refractivity (Wildman–Crippen MR) is 54.9 cm³/mol. The molecule has 0 N–H and O–H groups in total. The summed E-state index contributed by atoms with van der Waals surface area (Å²) < 4.78 is 20.5. The van der Waals surface area contributed by atoms with Crippen molar-refractivity contribution < 1.29 is 28.5 Å². The number of rotatable bonds is 1. The second-order valence-corrected chi connectivity index (χ2v) is 4.67. The van der Waals surface area contributed by atoms with Gasteiger partial charge in [0.1, 0.15) is 6.10 Å². The number of carbonyl (C=O) groups excluding carboxylic acids is 2. The molecule has 4 aliphatic rings. The molecule has 0 bridgehead atoms. The van der Waals surface area contributed by atoms with Gasteiger partial charge < -0.3 is 18.9 Å². The number of carbonyl (C=O) groups is 2. The lowest BCUT2D eigenvalue weighted by Gasteiger charge is -2.24. The summed E-state index contributed by atoms with van der Waals surface area (Å²) in [5.74, 6) is -1.17. The van der Waals surface area contributed by atoms with Crippen LogP contribution in [0.2, 0.25) is 0 Å². The van der Waals surface area contributed by atoms with Crippen LogP contribution in [0.1, 0.15) is 6.42 Å². The van der Waals surface area contributed by atoms with Crippen molar-refractivity contribution in [1.82, 2.24) is 0 Å². The Morgan fingerprint density at radius 2 is 2.17 bits per heavy atom. The van der Waals surface area contributed by atoms with Gasteiger partial charge in [0.2, 0.25) is 12.6 Å². The smallest absolute Gasteiger partial charge is 0.337 e. The molecule has 6 heteroatoms. The van der Waals surface area contributed by atoms with Gasteiger partial charge in [0.25, 0.3) is 0 Å². The minimum Gasteiger partial charge on any atom is -0.432 e. The zero-order valence-corrected chi connectivity index (χ0v) is 9.54. The van der Waals surface area contributed by atoms with Gasteiger partial charge in [0.05, 0.1) is 5.92 Å². The molecule has 0 aromatic rings. The third-order valence-electron chi connectivity index (χ3n) is 3.71. The topological polar surface area (TPSA) is 74.4 Å². The van der Waals surface area contributed by atoms with Gasteiger partial charge >= 0.3 is 11.9 Å². The average molecular weight is 250 g/mol. The lowest BCUT2D eigenvalue weighted by Crippen LogP contribution is -2.32. The summed E-state index contributed by atoms with van der Waals surface area (Å²) in [4.78, 5) is 23.4. The first-order valence-corrected chi connectivity index (χ1v) is 5.73. The number of hydrogen-bond acceptors (Lipinski definition) is 6. The molecular weight excluding hydrogens is 240 g/mol. The summed E-state index contributed by atoms with van der Waals surface area (Å²) in [5.41, 5.74) is 2.08. The van der Waals surface area contributed by atoms with Crippen LogP contribution in [-0.4, -0.2) is 37.7 Å². The number of ether oxygens (including phenoxy) is 4. The zero-order valence-electron chi connectivity index (χ0n) is 9.54. The zero-order chi connectivity index (χ0) is 12.4. The standard InChI is InChI=1S/C12H10O6/c1-15-11-7-2-4-5(3-6(7)10(14)17-11)9(13)18-12-8(4)16-12/h2,5,8,11-12H,3H2,1H3. The van der Waals surface area contributed by atoms with Crippen molar-refractivity contribution in [2.45, 2.75) is 25.1 Å². The van der Waals surface area contributed by atoms with E-state index in [0.29, 0.717) is 17.6 Å². The number of fused-ring (bicyclic) bond motifs is 3. The van der Waals surface area contributed by atoms with Crippen molar-refractivity contribution in [3.63, 3.8) is 0 Å². The van der Waals surface area contributed by atoms with E-state index in [9.17, 15) is 9.59 Å². The van der Waals surface area contributed by atoms with Crippen LogP contribution in [0, 0.1) is 5.92 Å². The lowest BCUT2D eigenvalue weighted by atomic mass is 9.81. The molecule has 0 radical (unpaired) electrons. The van der Waals surface area contributed by atoms with E-state index in [-0.39, 0.29) is 12.1 Å². The van der Waals surface area contributed by atoms with Crippen LogP contribution in [0.15, 0.2) is 22.8 Å². The summed E-state index contributed by atoms with van der Waals surface area (Å²) in [6.45, 7) is 0. The molecule has 18 heavy (non-hydrogen) atoms. The summed E-state index contributed by atoms with van der Waals surface area (Å²) in [7, 11) is 1.48. The second-order valence-electron chi connectivity index (χ2n) is 4.67. The van der Waals surface area contributed by atoms with E-state index in [2.05, 4.69) is 0 Å². The molecule has 1 aliphatic carbocycles. The van der Waals surface area contributed by atoms with E-state index < -0.39 is 24.5 Å². The Kier molecular flexibility index (Phi) is 1.83. The van der Waals surface area contributed by atoms with Crippen LogP contribution >= 0.6 is 0 Å². The molecule has 0 aromatic carbocycles. The van der Waals surface area contributed by atoms with Gasteiger partial charge in [-0.25, -0.2) is 4.79 Å². The van der Waals surface area contributed by atoms with Gasteiger partial charge in [-0.2, -0.15) is 0 Å². The number of cyclic esters (lactones) is 1. The highest BCUT2D eigenvalue weighted by Gasteiger charge is 2.56. The average Bonchev–Trinajstić information content (AvgIpc) is 3.07. The first-order valence-electron chi connectivity index (χ1n) is 5.73. The van der Waals surface area contributed by atoms with Gasteiger partial charge in [-0.3, -0.25) is 4.79 Å². The molecule has 0 aromatic heterocycles. The van der Waals surface area contributed by atoms with Gasteiger partial charge in [-0.05, 0) is 18.1 Å². The van der Waals surface area contributed by atoms with Crippen molar-refractivity contribution in [3.05, 3.63) is 22.8 Å². The normalized spacial score (nSPS) is 40.4. The van der Waals surface area contributed by atoms with Crippen LogP contribution in [-0.2, 0) is 28.5 Å². The van der Waals surface area contributed by atoms with E-state index in [0.717, 1.165) is 5.57 Å². The minimum absolute atomic E-state index is 0.157. The molecule has 6 nitrogen and oxygen atoms in total. The third-order valence-corrected chi connectivity index (χ3v) is 3.71. The van der Waals surface area contributed by atoms with Crippen LogP contribution in [0.25, 0.3) is 0 Å². The predicted octanol–water partition coefficient (Wildman–Crippen LogP) is 0.0403. The number of esters is 2. The molecule has 4 atom stereocenters. The Balaban J connectivity index is 1.78. The maximum Gasteiger partial charge on any atom is 0.337 e. The Hall–Kier alpha value is -1.66. The molecule has 4 rings (SSSR count). The highest BCUT2D eigenvalue weighted by Crippen LogP contribution is 2.47. The number of hydrogen-bond donors (Lipinski definition) is 0. The monoisotopic (exact) mass is 250 g/mol. The van der Waals surface area contributed by atoms with Gasteiger partial charge in [0, 0.05) is 18.3 Å². The molecule has 94 valence electrons. The fourth-order valence-corrected chi connectivity index (χ4v) is 2.75. The molecule has 2 fully saturated rings. The number of epoxide rings is 1. The van der Waals surface area contributed by atoms with Crippen molar-refractivity contribution >= 4 is 11.9 Å². The van der Waals surface area contributed by atoms with Crippen LogP contribution in [0.5, 0.6) is 0 Å². The van der Waals surface area contributed by atoms with Gasteiger partial charge in [-0.1, -0.05) is 0 Å². The van der Waals surface area contributed by atoms with Crippen molar-refractivity contribution in [2.24, 2.45) is 5.92 Å². The SMILES string of the molecule is COC1OC(=O)C2=C1C=C1C(C2)C(=O)OC2OC12. The summed E-state index contributed by atoms with van der Waals surface area (Å²) in [6.07, 6.45) is 0.839. The summed E-state index contributed by atoms with van der Waals surface area (Å²) in [5, 5.41) is 0. The highest BCUT2D eigenvalue weighted by atomic mass is 16.8. The Labute approximate surface area is 102 Å². The maximum atomic E-state index is 11.8. The van der Waals surface area contributed by atoms with E-state index in [1.807, 2.05) is 0 Å². The van der Waals surface area contributed by atoms with Crippen molar-refractivity contribution in [3.8, 4) is 0 Å². The fraction of sp³-hybridized carbons (Fsp3) is 0.500. The number of methoxy groups -OCH3 is 1. The fourth-order valence-electron chi connectivity index (χ4n) is 2.75. The van der Waals surface area contributed by atoms with Crippen LogP contribution in [0.4, 0.5) is 0 Å². The quantitative estimate of drug-likeness (QED) is 0.483. The van der Waals surface area contributed by atoms with E-state index in [4.69, 9.17) is 18.9 Å².